The molecule has 1 N–H and O–H groups in total. The van der Waals surface area contributed by atoms with Crippen molar-refractivity contribution in [3.05, 3.63) is 38.4 Å². The minimum atomic E-state index is -4.53. The van der Waals surface area contributed by atoms with Crippen molar-refractivity contribution in [2.75, 3.05) is 5.32 Å². The molecule has 0 amide bonds. The van der Waals surface area contributed by atoms with E-state index < -0.39 is 17.2 Å². The van der Waals surface area contributed by atoms with Crippen molar-refractivity contribution >= 4 is 28.8 Å². The van der Waals surface area contributed by atoms with Gasteiger partial charge in [-0.3, -0.25) is 0 Å². The first-order chi connectivity index (χ1) is 9.91. The van der Waals surface area contributed by atoms with Crippen LogP contribution in [0.1, 0.15) is 27.4 Å². The molecule has 0 spiro atoms. The normalized spacial score (nSPS) is 14.3. The molecular formula is C13H11ClF3N3S. The highest BCUT2D eigenvalue weighted by Gasteiger charge is 2.33. The van der Waals surface area contributed by atoms with Gasteiger partial charge in [0.15, 0.2) is 5.69 Å². The Bertz CT molecular complexity index is 648. The Morgan fingerprint density at radius 1 is 1.24 bits per heavy atom. The molecule has 0 aromatic carbocycles. The second-order valence-corrected chi connectivity index (χ2v) is 6.33. The van der Waals surface area contributed by atoms with Crippen LogP contribution in [-0.4, -0.2) is 9.97 Å². The van der Waals surface area contributed by atoms with Gasteiger partial charge in [0.1, 0.15) is 5.82 Å². The van der Waals surface area contributed by atoms with E-state index in [4.69, 9.17) is 11.6 Å². The lowest BCUT2D eigenvalue weighted by atomic mass is 10.2. The van der Waals surface area contributed by atoms with Crippen LogP contribution in [0.3, 0.4) is 0 Å². The molecule has 0 saturated heterocycles. The Kier molecular flexibility index (Phi) is 3.79. The summed E-state index contributed by atoms with van der Waals surface area (Å²) >= 11 is 7.23. The average Bonchev–Trinajstić information content (AvgIpc) is 2.95. The summed E-state index contributed by atoms with van der Waals surface area (Å²) in [6.45, 7) is 0.433. The Hall–Kier alpha value is -1.34. The third-order valence-electron chi connectivity index (χ3n) is 3.23. The summed E-state index contributed by atoms with van der Waals surface area (Å²) in [4.78, 5) is 9.43. The molecule has 2 heterocycles. The summed E-state index contributed by atoms with van der Waals surface area (Å²) in [6.07, 6.45) is -1.17. The number of alkyl halides is 3. The number of hydrogen-bond donors (Lipinski definition) is 1. The number of aryl methyl sites for hydroxylation is 2. The van der Waals surface area contributed by atoms with Crippen LogP contribution in [0.25, 0.3) is 0 Å². The molecule has 0 aliphatic heterocycles. The molecule has 3 rings (SSSR count). The quantitative estimate of drug-likeness (QED) is 0.850. The minimum Gasteiger partial charge on any atom is -0.365 e. The van der Waals surface area contributed by atoms with Gasteiger partial charge in [0.05, 0.1) is 6.54 Å². The number of fused-ring (bicyclic) bond motifs is 1. The minimum absolute atomic E-state index is 0.0795. The van der Waals surface area contributed by atoms with Gasteiger partial charge < -0.3 is 5.32 Å². The molecule has 1 aliphatic carbocycles. The summed E-state index contributed by atoms with van der Waals surface area (Å²) < 4.78 is 37.9. The Labute approximate surface area is 128 Å². The lowest BCUT2D eigenvalue weighted by Crippen LogP contribution is -2.11. The summed E-state index contributed by atoms with van der Waals surface area (Å²) in [7, 11) is 0. The van der Waals surface area contributed by atoms with Crippen molar-refractivity contribution < 1.29 is 13.2 Å². The van der Waals surface area contributed by atoms with Crippen molar-refractivity contribution in [2.45, 2.75) is 32.0 Å². The Balaban J connectivity index is 1.74. The summed E-state index contributed by atoms with van der Waals surface area (Å²) in [5, 5.41) is 2.46. The van der Waals surface area contributed by atoms with Crippen molar-refractivity contribution in [1.29, 1.82) is 0 Å². The van der Waals surface area contributed by atoms with E-state index in [1.54, 1.807) is 11.3 Å². The van der Waals surface area contributed by atoms with E-state index in [0.717, 1.165) is 23.8 Å². The van der Waals surface area contributed by atoms with Gasteiger partial charge in [-0.05, 0) is 42.5 Å². The number of aromatic nitrogens is 2. The molecule has 0 fully saturated rings. The lowest BCUT2D eigenvalue weighted by molar-refractivity contribution is -0.141. The predicted octanol–water partition coefficient (Wildman–Crippen LogP) is 4.31. The van der Waals surface area contributed by atoms with E-state index >= 15 is 0 Å². The fourth-order valence-electron chi connectivity index (χ4n) is 2.31. The van der Waals surface area contributed by atoms with Crippen LogP contribution in [0.5, 0.6) is 0 Å². The molecule has 0 radical (unpaired) electrons. The molecule has 0 bridgehead atoms. The largest absolute Gasteiger partial charge is 0.433 e. The fraction of sp³-hybridized carbons (Fsp3) is 0.385. The molecule has 1 aliphatic rings. The van der Waals surface area contributed by atoms with E-state index in [1.807, 2.05) is 0 Å². The second-order valence-electron chi connectivity index (χ2n) is 4.77. The predicted molar refractivity (Wildman–Crippen MR) is 75.7 cm³/mol. The Morgan fingerprint density at radius 2 is 2.05 bits per heavy atom. The third kappa shape index (κ3) is 3.29. The molecule has 2 aromatic heterocycles. The van der Waals surface area contributed by atoms with Gasteiger partial charge in [-0.15, -0.1) is 11.3 Å². The molecule has 2 aromatic rings. The first-order valence-corrected chi connectivity index (χ1v) is 7.57. The number of rotatable bonds is 3. The highest BCUT2D eigenvalue weighted by Crippen LogP contribution is 2.32. The molecular weight excluding hydrogens is 323 g/mol. The number of nitrogens with one attached hydrogen (secondary N) is 1. The van der Waals surface area contributed by atoms with Gasteiger partial charge in [0.25, 0.3) is 0 Å². The maximum atomic E-state index is 12.6. The van der Waals surface area contributed by atoms with Crippen molar-refractivity contribution in [3.63, 3.8) is 0 Å². The lowest BCUT2D eigenvalue weighted by Gasteiger charge is -2.09. The molecule has 21 heavy (non-hydrogen) atoms. The summed E-state index contributed by atoms with van der Waals surface area (Å²) in [5.41, 5.74) is 0.312. The van der Waals surface area contributed by atoms with Gasteiger partial charge in [-0.2, -0.15) is 13.2 Å². The SMILES string of the molecule is FC(F)(F)c1cc(NCc2cc3c(s2)CCC3)nc(Cl)n1. The van der Waals surface area contributed by atoms with Crippen molar-refractivity contribution in [2.24, 2.45) is 0 Å². The average molecular weight is 334 g/mol. The molecule has 8 heteroatoms. The first kappa shape index (κ1) is 14.6. The van der Waals surface area contributed by atoms with Gasteiger partial charge in [-0.25, -0.2) is 9.97 Å². The maximum Gasteiger partial charge on any atom is 0.433 e. The number of anilines is 1. The van der Waals surface area contributed by atoms with E-state index in [1.165, 1.54) is 16.9 Å². The number of hydrogen-bond acceptors (Lipinski definition) is 4. The van der Waals surface area contributed by atoms with Gasteiger partial charge in [0, 0.05) is 15.8 Å². The zero-order chi connectivity index (χ0) is 15.0. The molecule has 0 atom stereocenters. The van der Waals surface area contributed by atoms with Crippen molar-refractivity contribution in [3.8, 4) is 0 Å². The van der Waals surface area contributed by atoms with E-state index in [2.05, 4.69) is 21.4 Å². The zero-order valence-electron chi connectivity index (χ0n) is 10.8. The standard InChI is InChI=1S/C13H11ClF3N3S/c14-12-19-10(13(15,16)17)5-11(20-12)18-6-8-4-7-2-1-3-9(7)21-8/h4-5H,1-3,6H2,(H,18,19,20). The van der Waals surface area contributed by atoms with Gasteiger partial charge in [0.2, 0.25) is 5.28 Å². The van der Waals surface area contributed by atoms with Crippen LogP contribution in [-0.2, 0) is 25.6 Å². The van der Waals surface area contributed by atoms with Gasteiger partial charge in [-0.1, -0.05) is 0 Å². The molecule has 3 nitrogen and oxygen atoms in total. The first-order valence-electron chi connectivity index (χ1n) is 6.38. The van der Waals surface area contributed by atoms with E-state index in [-0.39, 0.29) is 5.82 Å². The van der Waals surface area contributed by atoms with Gasteiger partial charge >= 0.3 is 6.18 Å². The number of thiophene rings is 1. The monoisotopic (exact) mass is 333 g/mol. The third-order valence-corrected chi connectivity index (χ3v) is 4.64. The van der Waals surface area contributed by atoms with Crippen LogP contribution in [0.4, 0.5) is 19.0 Å². The molecule has 0 unspecified atom stereocenters. The van der Waals surface area contributed by atoms with Crippen LogP contribution >= 0.6 is 22.9 Å². The fourth-order valence-corrected chi connectivity index (χ4v) is 3.69. The zero-order valence-corrected chi connectivity index (χ0v) is 12.4. The number of nitrogens with zero attached hydrogens (tertiary/aromatic N) is 2. The van der Waals surface area contributed by atoms with E-state index in [0.29, 0.717) is 6.54 Å². The molecule has 0 saturated carbocycles. The number of halogens is 4. The van der Waals surface area contributed by atoms with Crippen LogP contribution in [0.2, 0.25) is 5.28 Å². The maximum absolute atomic E-state index is 12.6. The highest BCUT2D eigenvalue weighted by molar-refractivity contribution is 7.12. The van der Waals surface area contributed by atoms with Crippen molar-refractivity contribution in [1.82, 2.24) is 9.97 Å². The smallest absolute Gasteiger partial charge is 0.365 e. The van der Waals surface area contributed by atoms with Crippen LogP contribution < -0.4 is 5.32 Å². The second kappa shape index (κ2) is 5.46. The Morgan fingerprint density at radius 3 is 2.76 bits per heavy atom. The van der Waals surface area contributed by atoms with Crippen LogP contribution in [0, 0.1) is 0 Å². The molecule has 112 valence electrons. The van der Waals surface area contributed by atoms with Crippen LogP contribution in [0.15, 0.2) is 12.1 Å². The highest BCUT2D eigenvalue weighted by atomic mass is 35.5. The summed E-state index contributed by atoms with van der Waals surface area (Å²) in [6, 6.07) is 2.97. The summed E-state index contributed by atoms with van der Waals surface area (Å²) in [5.74, 6) is 0.0795. The topological polar surface area (TPSA) is 37.8 Å². The van der Waals surface area contributed by atoms with E-state index in [9.17, 15) is 13.2 Å².